The predicted molar refractivity (Wildman–Crippen MR) is 69.4 cm³/mol. The Bertz CT molecular complexity index is 401. The minimum Gasteiger partial charge on any atom is -0.380 e. The van der Waals surface area contributed by atoms with Crippen LogP contribution >= 0.6 is 15.9 Å². The van der Waals surface area contributed by atoms with Gasteiger partial charge < -0.3 is 9.64 Å². The lowest BCUT2D eigenvalue weighted by molar-refractivity contribution is 0.152. The molecular formula is C12H16BrN3O. The first-order valence-electron chi connectivity index (χ1n) is 6.20. The Hall–Kier alpha value is -0.680. The second kappa shape index (κ2) is 4.90. The number of ether oxygens (including phenoxy) is 1. The first kappa shape index (κ1) is 11.4. The Morgan fingerprint density at radius 1 is 1.24 bits per heavy atom. The number of rotatable bonds is 2. The molecule has 92 valence electrons. The average Bonchev–Trinajstić information content (AvgIpc) is 3.16. The summed E-state index contributed by atoms with van der Waals surface area (Å²) in [6.07, 6.45) is 3.54. The van der Waals surface area contributed by atoms with Crippen molar-refractivity contribution in [3.8, 4) is 0 Å². The predicted octanol–water partition coefficient (Wildman–Crippen LogP) is 2.34. The van der Waals surface area contributed by atoms with Crippen LogP contribution in [-0.2, 0) is 4.74 Å². The van der Waals surface area contributed by atoms with Gasteiger partial charge in [0.1, 0.15) is 16.2 Å². The SMILES string of the molecule is Brc1cc(N2CCCOCC2)nc(C2CC2)n1. The summed E-state index contributed by atoms with van der Waals surface area (Å²) in [6, 6.07) is 2.01. The highest BCUT2D eigenvalue weighted by atomic mass is 79.9. The van der Waals surface area contributed by atoms with E-state index < -0.39 is 0 Å². The van der Waals surface area contributed by atoms with Crippen molar-refractivity contribution in [3.05, 3.63) is 16.5 Å². The molecule has 2 fully saturated rings. The number of aromatic nitrogens is 2. The molecule has 3 rings (SSSR count). The third kappa shape index (κ3) is 2.77. The molecule has 1 saturated carbocycles. The van der Waals surface area contributed by atoms with Gasteiger partial charge in [0.25, 0.3) is 0 Å². The third-order valence-corrected chi connectivity index (χ3v) is 3.59. The lowest BCUT2D eigenvalue weighted by Crippen LogP contribution is -2.27. The van der Waals surface area contributed by atoms with E-state index >= 15 is 0 Å². The summed E-state index contributed by atoms with van der Waals surface area (Å²) in [5.74, 6) is 2.63. The van der Waals surface area contributed by atoms with Crippen LogP contribution in [-0.4, -0.2) is 36.3 Å². The molecule has 5 heteroatoms. The molecule has 2 aliphatic rings. The molecule has 0 unspecified atom stereocenters. The molecule has 0 radical (unpaired) electrons. The smallest absolute Gasteiger partial charge is 0.135 e. The molecule has 1 aromatic rings. The van der Waals surface area contributed by atoms with Crippen molar-refractivity contribution in [3.63, 3.8) is 0 Å². The van der Waals surface area contributed by atoms with Gasteiger partial charge in [-0.3, -0.25) is 0 Å². The summed E-state index contributed by atoms with van der Waals surface area (Å²) in [6.45, 7) is 3.60. The first-order valence-corrected chi connectivity index (χ1v) is 6.99. The molecule has 17 heavy (non-hydrogen) atoms. The Balaban J connectivity index is 1.84. The molecule has 0 spiro atoms. The summed E-state index contributed by atoms with van der Waals surface area (Å²) >= 11 is 3.49. The van der Waals surface area contributed by atoms with E-state index in [1.54, 1.807) is 0 Å². The van der Waals surface area contributed by atoms with Crippen LogP contribution in [0.2, 0.25) is 0 Å². The Kier molecular flexibility index (Phi) is 3.29. The summed E-state index contributed by atoms with van der Waals surface area (Å²) in [5, 5.41) is 0. The maximum Gasteiger partial charge on any atom is 0.135 e. The van der Waals surface area contributed by atoms with Gasteiger partial charge in [-0.05, 0) is 35.2 Å². The summed E-state index contributed by atoms with van der Waals surface area (Å²) in [5.41, 5.74) is 0. The van der Waals surface area contributed by atoms with Gasteiger partial charge in [-0.15, -0.1) is 0 Å². The zero-order chi connectivity index (χ0) is 11.7. The van der Waals surface area contributed by atoms with Gasteiger partial charge in [-0.1, -0.05) is 0 Å². The minimum atomic E-state index is 0.592. The van der Waals surface area contributed by atoms with Crippen molar-refractivity contribution in [2.75, 3.05) is 31.2 Å². The zero-order valence-corrected chi connectivity index (χ0v) is 11.3. The van der Waals surface area contributed by atoms with E-state index in [1.807, 2.05) is 6.07 Å². The fraction of sp³-hybridized carbons (Fsp3) is 0.667. The second-order valence-corrected chi connectivity index (χ2v) is 5.45. The van der Waals surface area contributed by atoms with E-state index in [1.165, 1.54) is 12.8 Å². The van der Waals surface area contributed by atoms with Crippen LogP contribution in [0.25, 0.3) is 0 Å². The molecule has 0 aromatic carbocycles. The van der Waals surface area contributed by atoms with Gasteiger partial charge >= 0.3 is 0 Å². The Labute approximate surface area is 110 Å². The highest BCUT2D eigenvalue weighted by Gasteiger charge is 2.27. The van der Waals surface area contributed by atoms with Crippen LogP contribution in [0, 0.1) is 0 Å². The van der Waals surface area contributed by atoms with Crippen LogP contribution in [0.1, 0.15) is 31.0 Å². The largest absolute Gasteiger partial charge is 0.380 e. The number of anilines is 1. The highest BCUT2D eigenvalue weighted by molar-refractivity contribution is 9.10. The van der Waals surface area contributed by atoms with Gasteiger partial charge in [0, 0.05) is 31.7 Å². The number of hydrogen-bond acceptors (Lipinski definition) is 4. The van der Waals surface area contributed by atoms with Crippen LogP contribution in [0.3, 0.4) is 0 Å². The molecule has 1 saturated heterocycles. The van der Waals surface area contributed by atoms with Crippen molar-refractivity contribution in [2.45, 2.75) is 25.2 Å². The lowest BCUT2D eigenvalue weighted by Gasteiger charge is -2.21. The molecule has 1 aromatic heterocycles. The van der Waals surface area contributed by atoms with Gasteiger partial charge in [0.15, 0.2) is 0 Å². The maximum absolute atomic E-state index is 5.47. The lowest BCUT2D eigenvalue weighted by atomic mass is 10.3. The third-order valence-electron chi connectivity index (χ3n) is 3.19. The molecule has 1 aliphatic carbocycles. The normalized spacial score (nSPS) is 21.4. The van der Waals surface area contributed by atoms with Crippen LogP contribution in [0.15, 0.2) is 10.7 Å². The minimum absolute atomic E-state index is 0.592. The van der Waals surface area contributed by atoms with Crippen LogP contribution in [0.5, 0.6) is 0 Å². The Morgan fingerprint density at radius 3 is 2.94 bits per heavy atom. The van der Waals surface area contributed by atoms with Crippen molar-refractivity contribution < 1.29 is 4.74 Å². The Morgan fingerprint density at radius 2 is 2.12 bits per heavy atom. The van der Waals surface area contributed by atoms with E-state index in [4.69, 9.17) is 9.72 Å². The van der Waals surface area contributed by atoms with Gasteiger partial charge in [0.2, 0.25) is 0 Å². The molecule has 2 heterocycles. The molecule has 0 atom stereocenters. The van der Waals surface area contributed by atoms with Crippen LogP contribution < -0.4 is 4.90 Å². The summed E-state index contributed by atoms with van der Waals surface area (Å²) < 4.78 is 6.37. The zero-order valence-electron chi connectivity index (χ0n) is 9.73. The number of halogens is 1. The van der Waals surface area contributed by atoms with E-state index in [9.17, 15) is 0 Å². The molecule has 1 aliphatic heterocycles. The van der Waals surface area contributed by atoms with E-state index in [2.05, 4.69) is 25.8 Å². The van der Waals surface area contributed by atoms with Crippen LogP contribution in [0.4, 0.5) is 5.82 Å². The van der Waals surface area contributed by atoms with Crippen molar-refractivity contribution in [1.82, 2.24) is 9.97 Å². The van der Waals surface area contributed by atoms with Gasteiger partial charge in [-0.25, -0.2) is 9.97 Å². The topological polar surface area (TPSA) is 38.2 Å². The average molecular weight is 298 g/mol. The molecule has 0 amide bonds. The fourth-order valence-corrected chi connectivity index (χ4v) is 2.47. The van der Waals surface area contributed by atoms with Gasteiger partial charge in [0.05, 0.1) is 6.61 Å². The molecule has 4 nitrogen and oxygen atoms in total. The highest BCUT2D eigenvalue weighted by Crippen LogP contribution is 2.39. The second-order valence-electron chi connectivity index (χ2n) is 4.63. The van der Waals surface area contributed by atoms with E-state index in [0.717, 1.165) is 49.0 Å². The summed E-state index contributed by atoms with van der Waals surface area (Å²) in [7, 11) is 0. The summed E-state index contributed by atoms with van der Waals surface area (Å²) in [4.78, 5) is 11.4. The van der Waals surface area contributed by atoms with Gasteiger partial charge in [-0.2, -0.15) is 0 Å². The van der Waals surface area contributed by atoms with Crippen molar-refractivity contribution in [1.29, 1.82) is 0 Å². The number of hydrogen-bond donors (Lipinski definition) is 0. The molecule has 0 bridgehead atoms. The quantitative estimate of drug-likeness (QED) is 0.786. The van der Waals surface area contributed by atoms with Crippen molar-refractivity contribution in [2.24, 2.45) is 0 Å². The molecular weight excluding hydrogens is 282 g/mol. The maximum atomic E-state index is 5.47. The number of nitrogens with zero attached hydrogens (tertiary/aromatic N) is 3. The van der Waals surface area contributed by atoms with E-state index in [0.29, 0.717) is 5.92 Å². The fourth-order valence-electron chi connectivity index (χ4n) is 2.08. The van der Waals surface area contributed by atoms with Crippen molar-refractivity contribution >= 4 is 21.7 Å². The standard InChI is InChI=1S/C12H16BrN3O/c13-10-8-11(15-12(14-10)9-2-3-9)16-4-1-6-17-7-5-16/h8-9H,1-7H2. The van der Waals surface area contributed by atoms with E-state index in [-0.39, 0.29) is 0 Å². The molecule has 0 N–H and O–H groups in total. The first-order chi connectivity index (χ1) is 8.33. The monoisotopic (exact) mass is 297 g/mol.